The second kappa shape index (κ2) is 26.6. The second-order valence-electron chi connectivity index (χ2n) is 17.0. The van der Waals surface area contributed by atoms with E-state index in [2.05, 4.69) is 9.80 Å². The van der Waals surface area contributed by atoms with Crippen LogP contribution in [0.1, 0.15) is 11.1 Å². The predicted octanol–water partition coefficient (Wildman–Crippen LogP) is 5.35. The molecular weight excluding hydrogens is 881 g/mol. The first-order chi connectivity index (χ1) is 33.5. The first-order valence-corrected chi connectivity index (χ1v) is 23.4. The third kappa shape index (κ3) is 14.5. The van der Waals surface area contributed by atoms with Crippen molar-refractivity contribution in [1.82, 2.24) is 0 Å². The summed E-state index contributed by atoms with van der Waals surface area (Å²) >= 11 is 0. The highest BCUT2D eigenvalue weighted by Crippen LogP contribution is 2.40. The van der Waals surface area contributed by atoms with Gasteiger partial charge in [-0.3, -0.25) is 9.59 Å². The van der Waals surface area contributed by atoms with E-state index in [0.717, 1.165) is 22.8 Å². The smallest absolute Gasteiger partial charge is 0.201 e. The van der Waals surface area contributed by atoms with Gasteiger partial charge in [-0.1, -0.05) is 24.3 Å². The van der Waals surface area contributed by atoms with Crippen LogP contribution in [0.3, 0.4) is 0 Å². The highest BCUT2D eigenvalue weighted by Gasteiger charge is 2.38. The van der Waals surface area contributed by atoms with Crippen molar-refractivity contribution in [3.63, 3.8) is 0 Å². The van der Waals surface area contributed by atoms with Gasteiger partial charge in [0.2, 0.25) is 11.6 Å². The molecule has 0 bridgehead atoms. The number of allylic oxidation sites excluding steroid dienone is 14. The normalized spacial score (nSPS) is 15.5. The Bertz CT molecular complexity index is 2240. The molecule has 0 amide bonds. The van der Waals surface area contributed by atoms with E-state index in [-0.39, 0.29) is 23.1 Å². The summed E-state index contributed by atoms with van der Waals surface area (Å²) in [6.07, 6.45) is 15.1. The summed E-state index contributed by atoms with van der Waals surface area (Å²) in [6.45, 7) is 8.08. The van der Waals surface area contributed by atoms with E-state index in [9.17, 15) is 19.8 Å². The lowest BCUT2D eigenvalue weighted by molar-refractivity contribution is -0.462. The summed E-state index contributed by atoms with van der Waals surface area (Å²) in [5.74, 6) is -0.232. The van der Waals surface area contributed by atoms with Crippen molar-refractivity contribution in [2.75, 3.05) is 158 Å². The van der Waals surface area contributed by atoms with Crippen LogP contribution in [0.4, 0.5) is 11.4 Å². The number of hydrogen-bond acceptors (Lipinski definition) is 13. The average Bonchev–Trinajstić information content (AvgIpc) is 3.35. The van der Waals surface area contributed by atoms with Crippen LogP contribution in [0.2, 0.25) is 0 Å². The number of ether oxygens (including phenoxy) is 7. The summed E-state index contributed by atoms with van der Waals surface area (Å²) in [4.78, 5) is 30.1. The number of carbonyl (C=O) groups is 2. The number of nitrogens with zero attached hydrogens (tertiary/aromatic N) is 4. The fraction of sp³-hybridized carbons (Fsp3) is 0.407. The quantitative estimate of drug-likeness (QED) is 0.0642. The number of benzene rings is 2. The number of hydrogen-bond donors (Lipinski definition) is 2. The van der Waals surface area contributed by atoms with Crippen LogP contribution in [0.5, 0.6) is 0 Å². The molecule has 0 spiro atoms. The van der Waals surface area contributed by atoms with E-state index < -0.39 is 0 Å². The lowest BCUT2D eigenvalue weighted by Crippen LogP contribution is -2.24. The number of aliphatic hydroxyl groups is 2. The highest BCUT2D eigenvalue weighted by molar-refractivity contribution is 6.40. The van der Waals surface area contributed by atoms with Crippen LogP contribution in [-0.2, 0) is 42.7 Å². The molecule has 4 aliphatic carbocycles. The van der Waals surface area contributed by atoms with Crippen molar-refractivity contribution in [2.24, 2.45) is 0 Å². The predicted molar refractivity (Wildman–Crippen MR) is 269 cm³/mol. The van der Waals surface area contributed by atoms with Gasteiger partial charge in [-0.05, 0) is 70.8 Å². The maximum Gasteiger partial charge on any atom is 0.201 e. The van der Waals surface area contributed by atoms with Crippen LogP contribution in [0.25, 0.3) is 11.1 Å². The largest absolute Gasteiger partial charge is 0.506 e. The third-order valence-corrected chi connectivity index (χ3v) is 11.8. The average molecular weight is 949 g/mol. The molecule has 2 aromatic rings. The van der Waals surface area contributed by atoms with E-state index in [4.69, 9.17) is 33.2 Å². The molecule has 0 aliphatic heterocycles. The molecule has 15 nitrogen and oxygen atoms in total. The van der Waals surface area contributed by atoms with Crippen LogP contribution >= 0.6 is 0 Å². The Hall–Kier alpha value is -6.04. The third-order valence-electron chi connectivity index (χ3n) is 11.8. The molecule has 0 aromatic heterocycles. The summed E-state index contributed by atoms with van der Waals surface area (Å²) < 4.78 is 43.4. The highest BCUT2D eigenvalue weighted by atomic mass is 16.6. The van der Waals surface area contributed by atoms with E-state index >= 15 is 0 Å². The number of likely N-dealkylation sites (N-methyl/N-ethyl adjacent to an activating group) is 2. The molecule has 0 heterocycles. The number of Topliss-reactive ketones (excluding diaryl/α,β-unsaturated/α-hetero) is 2. The Morgan fingerprint density at radius 1 is 0.391 bits per heavy atom. The van der Waals surface area contributed by atoms with E-state index in [1.54, 1.807) is 0 Å². The van der Waals surface area contributed by atoms with Gasteiger partial charge in [-0.25, -0.2) is 9.15 Å². The SMILES string of the molecule is CN(CCOCCOCCOCCOCCOCCOCCOCCN(C)c1ccc(C2=C(O)C(=C3C=CC(=[N+](C)C)C=C3)C2=O)cc1)c1ccc(C2=C(O)C(=C3C=CC(=[N+](C)C)C=C3)C2=O)cc1. The number of anilines is 2. The number of ketones is 2. The van der Waals surface area contributed by atoms with Crippen molar-refractivity contribution < 1.29 is 62.1 Å². The summed E-state index contributed by atoms with van der Waals surface area (Å²) in [5, 5.41) is 21.5. The van der Waals surface area contributed by atoms with Gasteiger partial charge in [0.1, 0.15) is 39.7 Å². The van der Waals surface area contributed by atoms with Crippen molar-refractivity contribution in [3.05, 3.63) is 142 Å². The van der Waals surface area contributed by atoms with E-state index in [1.807, 2.05) is 149 Å². The second-order valence-corrected chi connectivity index (χ2v) is 17.0. The van der Waals surface area contributed by atoms with Gasteiger partial charge in [-0.15, -0.1) is 0 Å². The molecule has 4 aliphatic rings. The van der Waals surface area contributed by atoms with Gasteiger partial charge in [-0.2, -0.15) is 0 Å². The lowest BCUT2D eigenvalue weighted by atomic mass is 9.80. The molecule has 0 unspecified atom stereocenters. The first-order valence-electron chi connectivity index (χ1n) is 23.4. The van der Waals surface area contributed by atoms with Crippen LogP contribution < -0.4 is 9.80 Å². The molecule has 69 heavy (non-hydrogen) atoms. The van der Waals surface area contributed by atoms with Crippen LogP contribution in [0.15, 0.2) is 131 Å². The van der Waals surface area contributed by atoms with Gasteiger partial charge in [0.25, 0.3) is 0 Å². The van der Waals surface area contributed by atoms with Gasteiger partial charge in [0.15, 0.2) is 11.4 Å². The molecular formula is C54H68N4O11+2. The Labute approximate surface area is 406 Å². The van der Waals surface area contributed by atoms with Gasteiger partial charge >= 0.3 is 0 Å². The number of carbonyl (C=O) groups excluding carboxylic acids is 2. The zero-order chi connectivity index (χ0) is 49.1. The monoisotopic (exact) mass is 948 g/mol. The molecule has 2 aromatic carbocycles. The molecule has 0 saturated carbocycles. The topological polar surface area (TPSA) is 152 Å². The molecule has 2 N–H and O–H groups in total. The van der Waals surface area contributed by atoms with Crippen LogP contribution in [-0.4, -0.2) is 190 Å². The van der Waals surface area contributed by atoms with Gasteiger partial charge < -0.3 is 53.2 Å². The van der Waals surface area contributed by atoms with E-state index in [0.29, 0.717) is 150 Å². The standard InChI is InChI=1S/C54H66N4O11/c1-55(2)43-15-7-39(8-16-43)47-51(59)49(52(47)60)41-11-19-45(20-12-41)57(5)23-25-63-27-29-65-31-33-67-35-37-69-38-36-68-34-32-66-30-28-64-26-24-58(6)46-21-13-42(14-22-46)50-53(61)48(54(50)62)40-9-17-44(18-10-40)56(3)4/h7-22H,23-38H2,1-6H3/p+2. The number of aliphatic hydroxyl groups excluding tert-OH is 2. The van der Waals surface area contributed by atoms with Crippen molar-refractivity contribution in [2.45, 2.75) is 0 Å². The fourth-order valence-corrected chi connectivity index (χ4v) is 7.58. The Morgan fingerprint density at radius 3 is 0.899 bits per heavy atom. The minimum atomic E-state index is -0.152. The minimum absolute atomic E-state index is 0.0359. The summed E-state index contributed by atoms with van der Waals surface area (Å²) in [5.41, 5.74) is 8.22. The first kappa shape index (κ1) is 52.3. The summed E-state index contributed by atoms with van der Waals surface area (Å²) in [7, 11) is 11.8. The Morgan fingerprint density at radius 2 is 0.652 bits per heavy atom. The zero-order valence-corrected chi connectivity index (χ0v) is 40.9. The molecule has 6 rings (SSSR count). The molecule has 0 saturated heterocycles. The maximum atomic E-state index is 13.0. The molecule has 0 atom stereocenters. The lowest BCUT2D eigenvalue weighted by Gasteiger charge is -2.24. The Kier molecular flexibility index (Phi) is 20.2. The van der Waals surface area contributed by atoms with Crippen molar-refractivity contribution >= 4 is 45.5 Å². The van der Waals surface area contributed by atoms with Gasteiger partial charge in [0, 0.05) is 62.9 Å². The summed E-state index contributed by atoms with van der Waals surface area (Å²) in [6, 6.07) is 15.2. The molecule has 0 radical (unpaired) electrons. The minimum Gasteiger partial charge on any atom is -0.506 e. The molecule has 15 heteroatoms. The maximum absolute atomic E-state index is 13.0. The molecule has 368 valence electrons. The van der Waals surface area contributed by atoms with Gasteiger partial charge in [0.05, 0.1) is 115 Å². The van der Waals surface area contributed by atoms with E-state index in [1.165, 1.54) is 0 Å². The van der Waals surface area contributed by atoms with Crippen molar-refractivity contribution in [3.8, 4) is 0 Å². The fourth-order valence-electron chi connectivity index (χ4n) is 7.58. The zero-order valence-electron chi connectivity index (χ0n) is 40.9. The van der Waals surface area contributed by atoms with Crippen LogP contribution in [0, 0.1) is 0 Å². The molecule has 0 fully saturated rings. The Balaban J connectivity index is 0.690. The van der Waals surface area contributed by atoms with Crippen molar-refractivity contribution in [1.29, 1.82) is 0 Å². The number of rotatable bonds is 28.